The van der Waals surface area contributed by atoms with Gasteiger partial charge in [0, 0.05) is 12.1 Å². The third kappa shape index (κ3) is 4.62. The van der Waals surface area contributed by atoms with E-state index in [1.165, 1.54) is 12.1 Å². The van der Waals surface area contributed by atoms with E-state index in [2.05, 4.69) is 10.5 Å². The van der Waals surface area contributed by atoms with Gasteiger partial charge in [0.2, 0.25) is 0 Å². The maximum absolute atomic E-state index is 12.6. The molecule has 1 fully saturated rings. The van der Waals surface area contributed by atoms with E-state index in [4.69, 9.17) is 16.1 Å². The van der Waals surface area contributed by atoms with Gasteiger partial charge in [-0.2, -0.15) is 13.2 Å². The van der Waals surface area contributed by atoms with Gasteiger partial charge in [0.15, 0.2) is 11.5 Å². The van der Waals surface area contributed by atoms with E-state index in [0.29, 0.717) is 18.0 Å². The fourth-order valence-electron chi connectivity index (χ4n) is 3.19. The van der Waals surface area contributed by atoms with E-state index in [1.54, 1.807) is 0 Å². The molecule has 27 heavy (non-hydrogen) atoms. The van der Waals surface area contributed by atoms with E-state index < -0.39 is 17.6 Å². The van der Waals surface area contributed by atoms with Crippen molar-refractivity contribution >= 4 is 17.5 Å². The molecule has 5 nitrogen and oxygen atoms in total. The first-order valence-corrected chi connectivity index (χ1v) is 8.92. The molecule has 9 heteroatoms. The Hall–Kier alpha value is -2.06. The van der Waals surface area contributed by atoms with Gasteiger partial charge in [-0.25, -0.2) is 0 Å². The van der Waals surface area contributed by atoms with E-state index in [9.17, 15) is 23.1 Å². The van der Waals surface area contributed by atoms with Crippen LogP contribution in [0.2, 0.25) is 5.02 Å². The van der Waals surface area contributed by atoms with Crippen LogP contribution < -0.4 is 5.32 Å². The second kappa shape index (κ2) is 7.90. The highest BCUT2D eigenvalue weighted by molar-refractivity contribution is 6.35. The first kappa shape index (κ1) is 19.7. The van der Waals surface area contributed by atoms with Crippen LogP contribution in [0.4, 0.5) is 13.2 Å². The molecule has 0 saturated heterocycles. The van der Waals surface area contributed by atoms with Crippen LogP contribution in [0.5, 0.6) is 0 Å². The summed E-state index contributed by atoms with van der Waals surface area (Å²) < 4.78 is 43.0. The van der Waals surface area contributed by atoms with Crippen molar-refractivity contribution < 1.29 is 27.6 Å². The van der Waals surface area contributed by atoms with Gasteiger partial charge in [0.05, 0.1) is 11.7 Å². The molecule has 1 aliphatic rings. The number of hydrogen-bond acceptors (Lipinski definition) is 4. The first-order valence-electron chi connectivity index (χ1n) is 8.54. The normalized spacial score (nSPS) is 20.0. The monoisotopic (exact) mass is 402 g/mol. The minimum Gasteiger partial charge on any atom is -0.393 e. The lowest BCUT2D eigenvalue weighted by molar-refractivity contribution is -0.137. The van der Waals surface area contributed by atoms with Gasteiger partial charge < -0.3 is 14.9 Å². The van der Waals surface area contributed by atoms with E-state index in [-0.39, 0.29) is 22.6 Å². The molecular weight excluding hydrogens is 385 g/mol. The van der Waals surface area contributed by atoms with Crippen molar-refractivity contribution in [2.75, 3.05) is 6.54 Å². The average molecular weight is 403 g/mol. The maximum Gasteiger partial charge on any atom is 0.416 e. The molecule has 0 bridgehead atoms. The summed E-state index contributed by atoms with van der Waals surface area (Å²) in [5.74, 6) is -0.106. The highest BCUT2D eigenvalue weighted by Gasteiger charge is 2.30. The lowest BCUT2D eigenvalue weighted by Gasteiger charge is -2.09. The molecule has 0 radical (unpaired) electrons. The summed E-state index contributed by atoms with van der Waals surface area (Å²) in [4.78, 5) is 12.2. The van der Waals surface area contributed by atoms with Gasteiger partial charge in [0.1, 0.15) is 5.02 Å². The highest BCUT2D eigenvalue weighted by atomic mass is 35.5. The number of hydrogen-bond donors (Lipinski definition) is 2. The van der Waals surface area contributed by atoms with Crippen LogP contribution in [0, 0.1) is 5.92 Å². The number of alkyl halides is 3. The van der Waals surface area contributed by atoms with E-state index >= 15 is 0 Å². The van der Waals surface area contributed by atoms with Crippen LogP contribution in [0.3, 0.4) is 0 Å². The summed E-state index contributed by atoms with van der Waals surface area (Å²) in [6, 6.07) is 4.23. The Morgan fingerprint density at radius 3 is 2.59 bits per heavy atom. The Bertz CT molecular complexity index is 805. The summed E-state index contributed by atoms with van der Waals surface area (Å²) in [5.41, 5.74) is -0.616. The zero-order valence-corrected chi connectivity index (χ0v) is 15.0. The molecule has 2 unspecified atom stereocenters. The van der Waals surface area contributed by atoms with Crippen molar-refractivity contribution in [1.82, 2.24) is 10.5 Å². The molecule has 2 atom stereocenters. The number of aliphatic hydroxyl groups excluding tert-OH is 1. The van der Waals surface area contributed by atoms with Crippen molar-refractivity contribution in [3.8, 4) is 11.3 Å². The zero-order chi connectivity index (χ0) is 19.6. The minimum absolute atomic E-state index is 0.0365. The summed E-state index contributed by atoms with van der Waals surface area (Å²) in [6.45, 7) is 0.412. The summed E-state index contributed by atoms with van der Waals surface area (Å²) in [7, 11) is 0. The smallest absolute Gasteiger partial charge is 0.393 e. The van der Waals surface area contributed by atoms with Crippen LogP contribution in [0.15, 0.2) is 28.8 Å². The minimum atomic E-state index is -4.44. The molecule has 1 aromatic carbocycles. The predicted molar refractivity (Wildman–Crippen MR) is 92.2 cm³/mol. The molecule has 1 heterocycles. The van der Waals surface area contributed by atoms with Gasteiger partial charge in [-0.05, 0) is 43.7 Å². The molecule has 1 aromatic heterocycles. The van der Waals surface area contributed by atoms with E-state index in [1.807, 2.05) is 0 Å². The molecule has 3 rings (SSSR count). The van der Waals surface area contributed by atoms with Gasteiger partial charge in [-0.1, -0.05) is 28.9 Å². The first-order chi connectivity index (χ1) is 12.8. The fourth-order valence-corrected chi connectivity index (χ4v) is 3.46. The van der Waals surface area contributed by atoms with Crippen LogP contribution in [0.25, 0.3) is 11.3 Å². The molecular formula is C18H18ClF3N2O3. The lowest BCUT2D eigenvalue weighted by atomic mass is 10.0. The Kier molecular flexibility index (Phi) is 5.76. The average Bonchev–Trinajstić information content (AvgIpc) is 3.20. The molecule has 0 spiro atoms. The highest BCUT2D eigenvalue weighted by Crippen LogP contribution is 2.34. The Labute approximate surface area is 158 Å². The number of aliphatic hydroxyl groups is 1. The summed E-state index contributed by atoms with van der Waals surface area (Å²) in [6.07, 6.45) is -1.52. The van der Waals surface area contributed by atoms with Crippen molar-refractivity contribution in [1.29, 1.82) is 0 Å². The maximum atomic E-state index is 12.6. The number of nitrogens with zero attached hydrogens (tertiary/aromatic N) is 1. The number of rotatable bonds is 5. The number of halogens is 4. The van der Waals surface area contributed by atoms with Crippen molar-refractivity contribution in [3.63, 3.8) is 0 Å². The van der Waals surface area contributed by atoms with Crippen molar-refractivity contribution in [2.45, 2.75) is 38.0 Å². The van der Waals surface area contributed by atoms with E-state index in [0.717, 1.165) is 37.8 Å². The van der Waals surface area contributed by atoms with Crippen molar-refractivity contribution in [2.24, 2.45) is 5.92 Å². The standard InChI is InChI=1S/C18H18ClF3N2O3/c19-14-15(17(26)23-8-7-10-1-6-13(25)9-10)24-27-16(14)11-2-4-12(5-3-11)18(20,21)22/h2-5,10,13,25H,1,6-9H2,(H,23,26). The SMILES string of the molecule is O=C(NCCC1CCC(O)C1)c1noc(-c2ccc(C(F)(F)F)cc2)c1Cl. The third-order valence-corrected chi connectivity index (χ3v) is 5.03. The predicted octanol–water partition coefficient (Wildman–Crippen LogP) is 4.29. The van der Waals surface area contributed by atoms with Crippen LogP contribution in [-0.2, 0) is 6.18 Å². The second-order valence-corrected chi connectivity index (χ2v) is 7.00. The summed E-state index contributed by atoms with van der Waals surface area (Å²) in [5, 5.41) is 15.8. The van der Waals surface area contributed by atoms with Crippen LogP contribution in [0.1, 0.15) is 41.7 Å². The number of carbonyl (C=O) groups is 1. The number of aromatic nitrogens is 1. The molecule has 0 aliphatic heterocycles. The molecule has 1 aliphatic carbocycles. The lowest BCUT2D eigenvalue weighted by Crippen LogP contribution is -2.26. The third-order valence-electron chi connectivity index (χ3n) is 4.68. The van der Waals surface area contributed by atoms with Gasteiger partial charge in [-0.15, -0.1) is 0 Å². The van der Waals surface area contributed by atoms with Crippen molar-refractivity contribution in [3.05, 3.63) is 40.5 Å². The van der Waals surface area contributed by atoms with Gasteiger partial charge >= 0.3 is 6.18 Å². The largest absolute Gasteiger partial charge is 0.416 e. The molecule has 1 saturated carbocycles. The van der Waals surface area contributed by atoms with Gasteiger partial charge in [-0.3, -0.25) is 4.79 Å². The zero-order valence-electron chi connectivity index (χ0n) is 14.2. The Morgan fingerprint density at radius 1 is 1.30 bits per heavy atom. The molecule has 2 aromatic rings. The molecule has 1 amide bonds. The molecule has 146 valence electrons. The summed E-state index contributed by atoms with van der Waals surface area (Å²) >= 11 is 6.14. The number of nitrogens with one attached hydrogen (secondary N) is 1. The number of amides is 1. The van der Waals surface area contributed by atoms with Gasteiger partial charge in [0.25, 0.3) is 5.91 Å². The quantitative estimate of drug-likeness (QED) is 0.782. The second-order valence-electron chi connectivity index (χ2n) is 6.63. The topological polar surface area (TPSA) is 75.4 Å². The fraction of sp³-hybridized carbons (Fsp3) is 0.444. The number of carbonyl (C=O) groups excluding carboxylic acids is 1. The Morgan fingerprint density at radius 2 is 2.00 bits per heavy atom. The van der Waals surface area contributed by atoms with Crippen LogP contribution in [-0.4, -0.2) is 28.8 Å². The Balaban J connectivity index is 1.63. The number of benzene rings is 1. The van der Waals surface area contributed by atoms with Crippen LogP contribution >= 0.6 is 11.6 Å². The molecule has 2 N–H and O–H groups in total.